The zero-order valence-corrected chi connectivity index (χ0v) is 13.8. The summed E-state index contributed by atoms with van der Waals surface area (Å²) in [4.78, 5) is 25.3. The van der Waals surface area contributed by atoms with E-state index in [1.807, 2.05) is 0 Å². The normalized spacial score (nSPS) is 24.3. The van der Waals surface area contributed by atoms with Crippen LogP contribution in [0.4, 0.5) is 4.79 Å². The van der Waals surface area contributed by atoms with Crippen LogP contribution < -0.4 is 11.1 Å². The van der Waals surface area contributed by atoms with Crippen LogP contribution in [0.25, 0.3) is 0 Å². The minimum Gasteiger partial charge on any atom is -0.369 e. The molecule has 1 saturated carbocycles. The standard InChI is InChI=1S/C18H25N3O2/c1-11-3-4-14(9-12(11)2)15-10-16(15)20-18(23)21-7-5-13(6-8-21)17(19)22/h3-4,9,13,15-16H,5-8,10H2,1-2H3,(H2,19,22)(H,20,23)/t15-,16+/m0/s1. The number of piperidine rings is 1. The van der Waals surface area contributed by atoms with Crippen LogP contribution >= 0.6 is 0 Å². The Morgan fingerprint density at radius 2 is 1.87 bits per heavy atom. The number of carbonyl (C=O) groups excluding carboxylic acids is 2. The number of rotatable bonds is 3. The van der Waals surface area contributed by atoms with Gasteiger partial charge in [-0.15, -0.1) is 0 Å². The summed E-state index contributed by atoms with van der Waals surface area (Å²) in [5.74, 6) is 0.103. The molecule has 3 N–H and O–H groups in total. The molecule has 1 aliphatic heterocycles. The van der Waals surface area contributed by atoms with Crippen LogP contribution in [0, 0.1) is 19.8 Å². The molecule has 0 aromatic heterocycles. The summed E-state index contributed by atoms with van der Waals surface area (Å²) in [6, 6.07) is 6.76. The monoisotopic (exact) mass is 315 g/mol. The Labute approximate surface area is 137 Å². The molecule has 5 nitrogen and oxygen atoms in total. The van der Waals surface area contributed by atoms with E-state index in [-0.39, 0.29) is 23.9 Å². The Balaban J connectivity index is 1.50. The maximum atomic E-state index is 12.3. The van der Waals surface area contributed by atoms with Crippen LogP contribution in [-0.2, 0) is 4.79 Å². The second-order valence-corrected chi connectivity index (χ2v) is 6.91. The quantitative estimate of drug-likeness (QED) is 0.896. The van der Waals surface area contributed by atoms with Gasteiger partial charge in [-0.25, -0.2) is 4.79 Å². The van der Waals surface area contributed by atoms with Crippen LogP contribution in [0.5, 0.6) is 0 Å². The highest BCUT2D eigenvalue weighted by Crippen LogP contribution is 2.41. The van der Waals surface area contributed by atoms with Crippen molar-refractivity contribution in [3.63, 3.8) is 0 Å². The van der Waals surface area contributed by atoms with Gasteiger partial charge in [-0.3, -0.25) is 4.79 Å². The summed E-state index contributed by atoms with van der Waals surface area (Å²) in [7, 11) is 0. The van der Waals surface area contributed by atoms with Crippen LogP contribution in [0.1, 0.15) is 41.9 Å². The molecule has 124 valence electrons. The Morgan fingerprint density at radius 1 is 1.17 bits per heavy atom. The molecule has 1 aromatic carbocycles. The van der Waals surface area contributed by atoms with E-state index in [1.54, 1.807) is 4.90 Å². The summed E-state index contributed by atoms with van der Waals surface area (Å²) >= 11 is 0. The molecule has 2 aliphatic rings. The van der Waals surface area contributed by atoms with Crippen molar-refractivity contribution in [2.24, 2.45) is 11.7 Å². The van der Waals surface area contributed by atoms with Gasteiger partial charge in [-0.05, 0) is 49.8 Å². The van der Waals surface area contributed by atoms with E-state index < -0.39 is 0 Å². The van der Waals surface area contributed by atoms with Crippen molar-refractivity contribution in [2.45, 2.75) is 45.1 Å². The largest absolute Gasteiger partial charge is 0.369 e. The van der Waals surface area contributed by atoms with Gasteiger partial charge in [-0.1, -0.05) is 18.2 Å². The first-order valence-corrected chi connectivity index (χ1v) is 8.37. The number of aryl methyl sites for hydroxylation is 2. The number of carbonyl (C=O) groups is 2. The fourth-order valence-corrected chi connectivity index (χ4v) is 3.34. The molecule has 5 heteroatoms. The number of likely N-dealkylation sites (tertiary alicyclic amines) is 1. The fourth-order valence-electron chi connectivity index (χ4n) is 3.34. The third kappa shape index (κ3) is 3.49. The molecule has 0 bridgehead atoms. The molecule has 1 saturated heterocycles. The molecule has 0 radical (unpaired) electrons. The third-order valence-electron chi connectivity index (χ3n) is 5.24. The Bertz CT molecular complexity index is 621. The maximum Gasteiger partial charge on any atom is 0.317 e. The van der Waals surface area contributed by atoms with Gasteiger partial charge in [0, 0.05) is 31.0 Å². The number of nitrogens with zero attached hydrogens (tertiary/aromatic N) is 1. The summed E-state index contributed by atoms with van der Waals surface area (Å²) in [6.45, 7) is 5.46. The summed E-state index contributed by atoms with van der Waals surface area (Å²) in [6.07, 6.45) is 2.36. The lowest BCUT2D eigenvalue weighted by atomic mass is 9.96. The van der Waals surface area contributed by atoms with Gasteiger partial charge in [0.1, 0.15) is 0 Å². The number of nitrogens with one attached hydrogen (secondary N) is 1. The predicted molar refractivity (Wildman–Crippen MR) is 89.1 cm³/mol. The number of hydrogen-bond donors (Lipinski definition) is 2. The van der Waals surface area contributed by atoms with Crippen molar-refractivity contribution in [3.8, 4) is 0 Å². The number of hydrogen-bond acceptors (Lipinski definition) is 2. The number of amides is 3. The van der Waals surface area contributed by atoms with Crippen molar-refractivity contribution >= 4 is 11.9 Å². The van der Waals surface area contributed by atoms with Gasteiger partial charge in [0.25, 0.3) is 0 Å². The summed E-state index contributed by atoms with van der Waals surface area (Å²) in [5.41, 5.74) is 9.24. The lowest BCUT2D eigenvalue weighted by Crippen LogP contribution is -2.47. The van der Waals surface area contributed by atoms with Crippen molar-refractivity contribution in [2.75, 3.05) is 13.1 Å². The molecule has 2 atom stereocenters. The Hall–Kier alpha value is -2.04. The van der Waals surface area contributed by atoms with Crippen molar-refractivity contribution in [1.82, 2.24) is 10.2 Å². The zero-order chi connectivity index (χ0) is 16.6. The van der Waals surface area contributed by atoms with Gasteiger partial charge in [0.2, 0.25) is 5.91 Å². The smallest absolute Gasteiger partial charge is 0.317 e. The van der Waals surface area contributed by atoms with Crippen LogP contribution in [0.3, 0.4) is 0 Å². The lowest BCUT2D eigenvalue weighted by Gasteiger charge is -2.30. The second kappa shape index (κ2) is 6.22. The van der Waals surface area contributed by atoms with Crippen molar-refractivity contribution in [1.29, 1.82) is 0 Å². The molecule has 1 aliphatic carbocycles. The molecule has 23 heavy (non-hydrogen) atoms. The predicted octanol–water partition coefficient (Wildman–Crippen LogP) is 2.07. The molecular formula is C18H25N3O2. The van der Waals surface area contributed by atoms with Crippen molar-refractivity contribution in [3.05, 3.63) is 34.9 Å². The van der Waals surface area contributed by atoms with E-state index in [2.05, 4.69) is 37.4 Å². The minimum absolute atomic E-state index is 0.00995. The summed E-state index contributed by atoms with van der Waals surface area (Å²) < 4.78 is 0. The molecular weight excluding hydrogens is 290 g/mol. The first-order valence-electron chi connectivity index (χ1n) is 8.37. The van der Waals surface area contributed by atoms with Gasteiger partial charge in [0.05, 0.1) is 0 Å². The number of primary amides is 1. The molecule has 0 unspecified atom stereocenters. The lowest BCUT2D eigenvalue weighted by molar-refractivity contribution is -0.123. The van der Waals surface area contributed by atoms with Crippen LogP contribution in [-0.4, -0.2) is 36.0 Å². The fraction of sp³-hybridized carbons (Fsp3) is 0.556. The molecule has 1 heterocycles. The van der Waals surface area contributed by atoms with E-state index in [9.17, 15) is 9.59 Å². The minimum atomic E-state index is -0.248. The van der Waals surface area contributed by atoms with E-state index in [1.165, 1.54) is 16.7 Å². The van der Waals surface area contributed by atoms with Crippen molar-refractivity contribution < 1.29 is 9.59 Å². The third-order valence-corrected chi connectivity index (χ3v) is 5.24. The van der Waals surface area contributed by atoms with Crippen LogP contribution in [0.15, 0.2) is 18.2 Å². The molecule has 3 amide bonds. The van der Waals surface area contributed by atoms with Gasteiger partial charge in [0.15, 0.2) is 0 Å². The SMILES string of the molecule is Cc1ccc([C@@H]2C[C@H]2NC(=O)N2CCC(C(N)=O)CC2)cc1C. The first kappa shape index (κ1) is 15.8. The van der Waals surface area contributed by atoms with E-state index in [0.717, 1.165) is 6.42 Å². The average Bonchev–Trinajstić information content (AvgIpc) is 3.29. The Kier molecular flexibility index (Phi) is 4.28. The zero-order valence-electron chi connectivity index (χ0n) is 13.8. The maximum absolute atomic E-state index is 12.3. The molecule has 3 rings (SSSR count). The molecule has 0 spiro atoms. The van der Waals surface area contributed by atoms with E-state index in [0.29, 0.717) is 31.8 Å². The van der Waals surface area contributed by atoms with Gasteiger partial charge in [-0.2, -0.15) is 0 Å². The molecule has 1 aromatic rings. The number of benzene rings is 1. The highest BCUT2D eigenvalue weighted by Gasteiger charge is 2.40. The molecule has 2 fully saturated rings. The van der Waals surface area contributed by atoms with Gasteiger partial charge < -0.3 is 16.0 Å². The second-order valence-electron chi connectivity index (χ2n) is 6.91. The van der Waals surface area contributed by atoms with Crippen LogP contribution in [0.2, 0.25) is 0 Å². The highest BCUT2D eigenvalue weighted by molar-refractivity contribution is 5.78. The van der Waals surface area contributed by atoms with Gasteiger partial charge >= 0.3 is 6.03 Å². The highest BCUT2D eigenvalue weighted by atomic mass is 16.2. The first-order chi connectivity index (χ1) is 11.0. The van der Waals surface area contributed by atoms with E-state index in [4.69, 9.17) is 5.73 Å². The average molecular weight is 315 g/mol. The topological polar surface area (TPSA) is 75.4 Å². The number of urea groups is 1. The summed E-state index contributed by atoms with van der Waals surface area (Å²) in [5, 5.41) is 3.12. The number of nitrogens with two attached hydrogens (primary N) is 1. The van der Waals surface area contributed by atoms with E-state index >= 15 is 0 Å². The Morgan fingerprint density at radius 3 is 2.48 bits per heavy atom.